The zero-order valence-corrected chi connectivity index (χ0v) is 12.5. The van der Waals surface area contributed by atoms with E-state index in [1.807, 2.05) is 42.5 Å². The second-order valence-corrected chi connectivity index (χ2v) is 5.87. The third-order valence-corrected chi connectivity index (χ3v) is 4.40. The second-order valence-electron chi connectivity index (χ2n) is 4.75. The monoisotopic (exact) mass is 308 g/mol. The van der Waals surface area contributed by atoms with Crippen LogP contribution in [-0.4, -0.2) is 6.29 Å². The lowest BCUT2D eigenvalue weighted by Gasteiger charge is -2.10. The van der Waals surface area contributed by atoms with Crippen molar-refractivity contribution < 1.29 is 9.18 Å². The van der Waals surface area contributed by atoms with E-state index in [9.17, 15) is 9.18 Å². The van der Waals surface area contributed by atoms with E-state index in [2.05, 4.69) is 0 Å². The molecule has 0 saturated carbocycles. The fraction of sp³-hybridized carbons (Fsp3) is 0. The van der Waals surface area contributed by atoms with Crippen LogP contribution in [0.1, 0.15) is 5.56 Å². The summed E-state index contributed by atoms with van der Waals surface area (Å²) in [5, 5.41) is 2.21. The molecule has 0 aliphatic rings. The van der Waals surface area contributed by atoms with Crippen LogP contribution in [0.2, 0.25) is 0 Å². The summed E-state index contributed by atoms with van der Waals surface area (Å²) in [6.45, 7) is 0. The summed E-state index contributed by atoms with van der Waals surface area (Å²) in [6, 6.07) is 20.3. The highest BCUT2D eigenvalue weighted by Gasteiger charge is 2.08. The van der Waals surface area contributed by atoms with Crippen molar-refractivity contribution in [2.75, 3.05) is 0 Å². The van der Waals surface area contributed by atoms with Gasteiger partial charge in [-0.05, 0) is 46.7 Å². The van der Waals surface area contributed by atoms with Gasteiger partial charge in [0.05, 0.1) is 0 Å². The molecule has 3 aromatic carbocycles. The molecule has 108 valence electrons. The molecule has 0 heterocycles. The molecule has 0 saturated heterocycles. The van der Waals surface area contributed by atoms with Crippen LogP contribution in [0.5, 0.6) is 0 Å². The van der Waals surface area contributed by atoms with Gasteiger partial charge in [0.25, 0.3) is 0 Å². The van der Waals surface area contributed by atoms with E-state index in [4.69, 9.17) is 0 Å². The molecule has 3 aromatic rings. The Bertz CT molecular complexity index is 832. The van der Waals surface area contributed by atoms with Crippen molar-refractivity contribution in [1.82, 2.24) is 0 Å². The fourth-order valence-corrected chi connectivity index (χ4v) is 3.25. The minimum absolute atomic E-state index is 0.268. The molecule has 0 radical (unpaired) electrons. The minimum Gasteiger partial charge on any atom is -0.299 e. The van der Waals surface area contributed by atoms with Crippen molar-refractivity contribution >= 4 is 33.7 Å². The van der Waals surface area contributed by atoms with Gasteiger partial charge in [-0.1, -0.05) is 54.2 Å². The number of hydrogen-bond acceptors (Lipinski definition) is 2. The lowest BCUT2D eigenvalue weighted by molar-refractivity contribution is -0.104. The molecular formula is C19H13FOS. The first kappa shape index (κ1) is 14.5. The zero-order chi connectivity index (χ0) is 15.4. The highest BCUT2D eigenvalue weighted by Crippen LogP contribution is 2.37. The van der Waals surface area contributed by atoms with E-state index < -0.39 is 0 Å². The Morgan fingerprint density at radius 1 is 0.909 bits per heavy atom. The molecule has 0 atom stereocenters. The van der Waals surface area contributed by atoms with Crippen LogP contribution in [0, 0.1) is 5.82 Å². The summed E-state index contributed by atoms with van der Waals surface area (Å²) in [5.41, 5.74) is 1.000. The summed E-state index contributed by atoms with van der Waals surface area (Å²) < 4.78 is 13.0. The van der Waals surface area contributed by atoms with Crippen molar-refractivity contribution in [3.8, 4) is 0 Å². The number of halogens is 1. The Hall–Kier alpha value is -2.39. The lowest BCUT2D eigenvalue weighted by Crippen LogP contribution is -1.85. The van der Waals surface area contributed by atoms with Gasteiger partial charge in [-0.15, -0.1) is 0 Å². The van der Waals surface area contributed by atoms with Crippen LogP contribution in [-0.2, 0) is 4.79 Å². The fourth-order valence-electron chi connectivity index (χ4n) is 2.31. The minimum atomic E-state index is -0.268. The average molecular weight is 308 g/mol. The first-order valence-corrected chi connectivity index (χ1v) is 7.66. The van der Waals surface area contributed by atoms with Gasteiger partial charge in [0.1, 0.15) is 12.1 Å². The highest BCUT2D eigenvalue weighted by molar-refractivity contribution is 8.08. The molecule has 0 spiro atoms. The molecule has 0 unspecified atom stereocenters. The molecule has 0 aliphatic carbocycles. The Kier molecular flexibility index (Phi) is 4.35. The highest BCUT2D eigenvalue weighted by atomic mass is 32.2. The number of carbonyl (C=O) groups excluding carboxylic acids is 1. The average Bonchev–Trinajstić information content (AvgIpc) is 2.56. The van der Waals surface area contributed by atoms with Gasteiger partial charge >= 0.3 is 0 Å². The van der Waals surface area contributed by atoms with Crippen molar-refractivity contribution in [1.29, 1.82) is 0 Å². The maximum atomic E-state index is 13.0. The maximum absolute atomic E-state index is 13.0. The lowest BCUT2D eigenvalue weighted by atomic mass is 10.0. The molecule has 0 aromatic heterocycles. The van der Waals surface area contributed by atoms with E-state index in [1.165, 1.54) is 23.9 Å². The number of hydrogen-bond donors (Lipinski definition) is 0. The Morgan fingerprint density at radius 3 is 2.41 bits per heavy atom. The van der Waals surface area contributed by atoms with E-state index in [1.54, 1.807) is 18.2 Å². The smallest absolute Gasteiger partial charge is 0.143 e. The van der Waals surface area contributed by atoms with E-state index in [0.717, 1.165) is 32.4 Å². The van der Waals surface area contributed by atoms with Crippen molar-refractivity contribution in [3.63, 3.8) is 0 Å². The van der Waals surface area contributed by atoms with Crippen molar-refractivity contribution in [2.24, 2.45) is 0 Å². The van der Waals surface area contributed by atoms with Gasteiger partial charge in [0.2, 0.25) is 0 Å². The van der Waals surface area contributed by atoms with Gasteiger partial charge in [0, 0.05) is 9.80 Å². The summed E-state index contributed by atoms with van der Waals surface area (Å²) in [6.07, 6.45) is 2.34. The van der Waals surface area contributed by atoms with Crippen LogP contribution in [0.4, 0.5) is 4.39 Å². The van der Waals surface area contributed by atoms with Gasteiger partial charge in [-0.2, -0.15) is 0 Å². The first-order chi connectivity index (χ1) is 10.8. The Labute approximate surface area is 132 Å². The molecule has 3 heteroatoms. The topological polar surface area (TPSA) is 17.1 Å². The van der Waals surface area contributed by atoms with Crippen LogP contribution in [0.3, 0.4) is 0 Å². The third-order valence-electron chi connectivity index (χ3n) is 3.32. The second kappa shape index (κ2) is 6.58. The van der Waals surface area contributed by atoms with Gasteiger partial charge < -0.3 is 0 Å². The zero-order valence-electron chi connectivity index (χ0n) is 11.7. The number of fused-ring (bicyclic) bond motifs is 1. The van der Waals surface area contributed by atoms with Crippen molar-refractivity contribution in [2.45, 2.75) is 4.90 Å². The number of aldehydes is 1. The molecule has 0 bridgehead atoms. The molecule has 3 rings (SSSR count). The maximum Gasteiger partial charge on any atom is 0.143 e. The first-order valence-electron chi connectivity index (χ1n) is 6.85. The molecule has 0 N–H and O–H groups in total. The molecule has 0 fully saturated rings. The molecule has 22 heavy (non-hydrogen) atoms. The van der Waals surface area contributed by atoms with Crippen LogP contribution in [0.25, 0.3) is 15.7 Å². The summed E-state index contributed by atoms with van der Waals surface area (Å²) >= 11 is 1.45. The number of allylic oxidation sites excluding steroid dienone is 1. The quantitative estimate of drug-likeness (QED) is 0.369. The summed E-state index contributed by atoms with van der Waals surface area (Å²) in [7, 11) is 0. The van der Waals surface area contributed by atoms with E-state index in [-0.39, 0.29) is 5.82 Å². The van der Waals surface area contributed by atoms with Gasteiger partial charge in [0.15, 0.2) is 0 Å². The van der Waals surface area contributed by atoms with Crippen molar-refractivity contribution in [3.05, 3.63) is 84.2 Å². The molecule has 0 amide bonds. The molecular weight excluding hydrogens is 295 g/mol. The van der Waals surface area contributed by atoms with Crippen LogP contribution in [0.15, 0.2) is 77.7 Å². The normalized spacial score (nSPS) is 11.6. The van der Waals surface area contributed by atoms with Crippen LogP contribution < -0.4 is 0 Å². The number of carbonyl (C=O) groups is 1. The predicted molar refractivity (Wildman–Crippen MR) is 90.2 cm³/mol. The Morgan fingerprint density at radius 2 is 1.64 bits per heavy atom. The largest absolute Gasteiger partial charge is 0.299 e. The van der Waals surface area contributed by atoms with Gasteiger partial charge in [-0.25, -0.2) is 4.39 Å². The summed E-state index contributed by atoms with van der Waals surface area (Å²) in [4.78, 5) is 12.8. The SMILES string of the molecule is O=C/C=C(/Sc1ccc(F)cc1)c1cccc2ccccc12. The number of thioether (sulfide) groups is 1. The van der Waals surface area contributed by atoms with Crippen LogP contribution >= 0.6 is 11.8 Å². The van der Waals surface area contributed by atoms with E-state index in [0.29, 0.717) is 0 Å². The number of rotatable bonds is 4. The standard InChI is InChI=1S/C19H13FOS/c20-15-8-10-16(11-9-15)22-19(12-13-21)18-7-3-5-14-4-1-2-6-17(14)18/h1-13H/b19-12+. The Balaban J connectivity index is 2.05. The predicted octanol–water partition coefficient (Wildman–Crippen LogP) is 5.31. The third kappa shape index (κ3) is 3.10. The van der Waals surface area contributed by atoms with E-state index >= 15 is 0 Å². The summed E-state index contributed by atoms with van der Waals surface area (Å²) in [5.74, 6) is -0.268. The number of benzene rings is 3. The molecule has 1 nitrogen and oxygen atoms in total. The van der Waals surface area contributed by atoms with Gasteiger partial charge in [-0.3, -0.25) is 4.79 Å². The molecule has 0 aliphatic heterocycles.